The maximum atomic E-state index is 10.7. The molecule has 0 radical (unpaired) electrons. The van der Waals surface area contributed by atoms with E-state index in [1.165, 1.54) is 12.1 Å². The molecule has 0 unspecified atom stereocenters. The van der Waals surface area contributed by atoms with Crippen molar-refractivity contribution in [2.75, 3.05) is 5.43 Å². The molecule has 0 bridgehead atoms. The standard InChI is InChI=1S/C19H14ClN3O2/c20-18-9-5-4-8-17(18)19(14-6-2-1-3-7-14)22-21-15-10-12-16(13-11-15)23(24)25/h1-13,21H. The Morgan fingerprint density at radius 3 is 2.20 bits per heavy atom. The fourth-order valence-corrected chi connectivity index (χ4v) is 2.53. The Morgan fingerprint density at radius 2 is 1.56 bits per heavy atom. The first kappa shape index (κ1) is 16.7. The van der Waals surface area contributed by atoms with Gasteiger partial charge in [-0.15, -0.1) is 0 Å². The zero-order valence-corrected chi connectivity index (χ0v) is 13.9. The molecule has 3 rings (SSSR count). The molecule has 3 aromatic rings. The van der Waals surface area contributed by atoms with Crippen molar-refractivity contribution >= 4 is 28.7 Å². The van der Waals surface area contributed by atoms with Gasteiger partial charge in [0.2, 0.25) is 0 Å². The molecule has 0 saturated carbocycles. The van der Waals surface area contributed by atoms with Crippen molar-refractivity contribution < 1.29 is 4.92 Å². The van der Waals surface area contributed by atoms with Gasteiger partial charge in [-0.05, 0) is 18.2 Å². The van der Waals surface area contributed by atoms with Gasteiger partial charge in [-0.25, -0.2) is 0 Å². The van der Waals surface area contributed by atoms with Gasteiger partial charge in [0.25, 0.3) is 5.69 Å². The number of anilines is 1. The highest BCUT2D eigenvalue weighted by molar-refractivity contribution is 6.35. The number of nitro benzene ring substituents is 1. The van der Waals surface area contributed by atoms with Crippen molar-refractivity contribution in [2.24, 2.45) is 5.10 Å². The van der Waals surface area contributed by atoms with Crippen molar-refractivity contribution in [3.63, 3.8) is 0 Å². The molecular weight excluding hydrogens is 338 g/mol. The molecule has 124 valence electrons. The first-order valence-electron chi connectivity index (χ1n) is 7.53. The number of hydrazone groups is 1. The quantitative estimate of drug-likeness (QED) is 0.394. The van der Waals surface area contributed by atoms with E-state index in [9.17, 15) is 10.1 Å². The predicted molar refractivity (Wildman–Crippen MR) is 100 cm³/mol. The molecule has 0 heterocycles. The molecule has 0 amide bonds. The van der Waals surface area contributed by atoms with Crippen LogP contribution in [-0.4, -0.2) is 10.6 Å². The van der Waals surface area contributed by atoms with Crippen LogP contribution in [0.5, 0.6) is 0 Å². The Balaban J connectivity index is 1.96. The zero-order chi connectivity index (χ0) is 17.6. The number of hydrogen-bond donors (Lipinski definition) is 1. The summed E-state index contributed by atoms with van der Waals surface area (Å²) in [6.45, 7) is 0. The first-order valence-corrected chi connectivity index (χ1v) is 7.91. The zero-order valence-electron chi connectivity index (χ0n) is 13.1. The SMILES string of the molecule is O=[N+]([O-])c1ccc(NN=C(c2ccccc2)c2ccccc2Cl)cc1. The Labute approximate surface area is 149 Å². The summed E-state index contributed by atoms with van der Waals surface area (Å²) in [6.07, 6.45) is 0. The fraction of sp³-hybridized carbons (Fsp3) is 0. The lowest BCUT2D eigenvalue weighted by molar-refractivity contribution is -0.384. The minimum absolute atomic E-state index is 0.0314. The second-order valence-corrected chi connectivity index (χ2v) is 5.63. The second kappa shape index (κ2) is 7.59. The van der Waals surface area contributed by atoms with E-state index in [1.807, 2.05) is 48.5 Å². The van der Waals surface area contributed by atoms with Crippen molar-refractivity contribution in [3.8, 4) is 0 Å². The van der Waals surface area contributed by atoms with E-state index in [4.69, 9.17) is 11.6 Å². The summed E-state index contributed by atoms with van der Waals surface area (Å²) in [5.41, 5.74) is 6.01. The van der Waals surface area contributed by atoms with Crippen LogP contribution in [0.4, 0.5) is 11.4 Å². The van der Waals surface area contributed by atoms with Gasteiger partial charge in [0.05, 0.1) is 21.3 Å². The van der Waals surface area contributed by atoms with Gasteiger partial charge in [-0.2, -0.15) is 5.10 Å². The highest BCUT2D eigenvalue weighted by Crippen LogP contribution is 2.21. The number of benzene rings is 3. The van der Waals surface area contributed by atoms with E-state index in [2.05, 4.69) is 10.5 Å². The topological polar surface area (TPSA) is 67.5 Å². The number of halogens is 1. The number of rotatable bonds is 5. The monoisotopic (exact) mass is 351 g/mol. The van der Waals surface area contributed by atoms with Crippen LogP contribution in [-0.2, 0) is 0 Å². The number of hydrogen-bond acceptors (Lipinski definition) is 4. The second-order valence-electron chi connectivity index (χ2n) is 5.22. The molecule has 1 N–H and O–H groups in total. The third-order valence-electron chi connectivity index (χ3n) is 3.55. The Hall–Kier alpha value is -3.18. The van der Waals surface area contributed by atoms with E-state index in [0.29, 0.717) is 16.4 Å². The van der Waals surface area contributed by atoms with Crippen molar-refractivity contribution in [1.29, 1.82) is 0 Å². The van der Waals surface area contributed by atoms with Gasteiger partial charge in [-0.1, -0.05) is 60.1 Å². The minimum atomic E-state index is -0.438. The van der Waals surface area contributed by atoms with Crippen LogP contribution in [0, 0.1) is 10.1 Å². The summed E-state index contributed by atoms with van der Waals surface area (Å²) < 4.78 is 0. The summed E-state index contributed by atoms with van der Waals surface area (Å²) in [7, 11) is 0. The van der Waals surface area contributed by atoms with Crippen molar-refractivity contribution in [1.82, 2.24) is 0 Å². The largest absolute Gasteiger partial charge is 0.278 e. The molecule has 0 saturated heterocycles. The smallest absolute Gasteiger partial charge is 0.269 e. The number of nitro groups is 1. The summed E-state index contributed by atoms with van der Waals surface area (Å²) in [4.78, 5) is 10.3. The van der Waals surface area contributed by atoms with Crippen molar-refractivity contribution in [3.05, 3.63) is 105 Å². The number of nitrogens with zero attached hydrogens (tertiary/aromatic N) is 2. The van der Waals surface area contributed by atoms with E-state index in [0.717, 1.165) is 11.1 Å². The highest BCUT2D eigenvalue weighted by atomic mass is 35.5. The molecule has 0 aromatic heterocycles. The molecule has 6 heteroatoms. The molecule has 0 fully saturated rings. The third kappa shape index (κ3) is 4.02. The lowest BCUT2D eigenvalue weighted by Gasteiger charge is -2.10. The first-order chi connectivity index (χ1) is 12.1. The van der Waals surface area contributed by atoms with E-state index < -0.39 is 4.92 Å². The summed E-state index contributed by atoms with van der Waals surface area (Å²) in [5.74, 6) is 0. The average Bonchev–Trinajstić information content (AvgIpc) is 2.64. The molecule has 0 aliphatic heterocycles. The molecule has 0 aliphatic rings. The molecule has 5 nitrogen and oxygen atoms in total. The highest BCUT2D eigenvalue weighted by Gasteiger charge is 2.11. The summed E-state index contributed by atoms with van der Waals surface area (Å²) in [5, 5.41) is 15.8. The van der Waals surface area contributed by atoms with Gasteiger partial charge in [0.15, 0.2) is 0 Å². The van der Waals surface area contributed by atoms with Crippen LogP contribution in [0.15, 0.2) is 84.0 Å². The van der Waals surface area contributed by atoms with Crippen LogP contribution in [0.3, 0.4) is 0 Å². The lowest BCUT2D eigenvalue weighted by Crippen LogP contribution is -2.07. The van der Waals surface area contributed by atoms with E-state index in [-0.39, 0.29) is 5.69 Å². The van der Waals surface area contributed by atoms with Gasteiger partial charge >= 0.3 is 0 Å². The Kier molecular flexibility index (Phi) is 5.06. The van der Waals surface area contributed by atoms with Crippen LogP contribution in [0.1, 0.15) is 11.1 Å². The molecule has 3 aromatic carbocycles. The summed E-state index contributed by atoms with van der Waals surface area (Å²) >= 11 is 6.32. The fourth-order valence-electron chi connectivity index (χ4n) is 2.31. The Morgan fingerprint density at radius 1 is 0.920 bits per heavy atom. The normalized spacial score (nSPS) is 11.2. The van der Waals surface area contributed by atoms with E-state index >= 15 is 0 Å². The number of nitrogens with one attached hydrogen (secondary N) is 1. The van der Waals surface area contributed by atoms with E-state index in [1.54, 1.807) is 18.2 Å². The third-order valence-corrected chi connectivity index (χ3v) is 3.88. The summed E-state index contributed by atoms with van der Waals surface area (Å²) in [6, 6.07) is 23.2. The van der Waals surface area contributed by atoms with Gasteiger partial charge in [-0.3, -0.25) is 15.5 Å². The van der Waals surface area contributed by atoms with Gasteiger partial charge < -0.3 is 0 Å². The molecule has 25 heavy (non-hydrogen) atoms. The Bertz CT molecular complexity index is 909. The lowest BCUT2D eigenvalue weighted by atomic mass is 10.0. The van der Waals surface area contributed by atoms with Crippen LogP contribution < -0.4 is 5.43 Å². The molecule has 0 atom stereocenters. The molecule has 0 aliphatic carbocycles. The van der Waals surface area contributed by atoms with Crippen LogP contribution in [0.2, 0.25) is 5.02 Å². The molecular formula is C19H14ClN3O2. The average molecular weight is 352 g/mol. The van der Waals surface area contributed by atoms with Crippen LogP contribution in [0.25, 0.3) is 0 Å². The van der Waals surface area contributed by atoms with Gasteiger partial charge in [0, 0.05) is 23.3 Å². The predicted octanol–water partition coefficient (Wildman–Crippen LogP) is 5.11. The molecule has 0 spiro atoms. The minimum Gasteiger partial charge on any atom is -0.278 e. The number of non-ortho nitro benzene ring substituents is 1. The van der Waals surface area contributed by atoms with Crippen LogP contribution >= 0.6 is 11.6 Å². The van der Waals surface area contributed by atoms with Gasteiger partial charge in [0.1, 0.15) is 0 Å². The van der Waals surface area contributed by atoms with Crippen molar-refractivity contribution in [2.45, 2.75) is 0 Å². The maximum absolute atomic E-state index is 10.7. The maximum Gasteiger partial charge on any atom is 0.269 e.